The third-order valence-corrected chi connectivity index (χ3v) is 5.65. The number of Topliss-reactive ketones (excluding diaryl/α,β-unsaturated/α-hetero) is 1. The van der Waals surface area contributed by atoms with E-state index in [1.54, 1.807) is 24.3 Å². The number of aryl methyl sites for hydroxylation is 1. The first-order valence-electron chi connectivity index (χ1n) is 9.91. The van der Waals surface area contributed by atoms with Crippen LogP contribution in [0.5, 0.6) is 0 Å². The quantitative estimate of drug-likeness (QED) is 0.466. The third-order valence-electron chi connectivity index (χ3n) is 5.65. The van der Waals surface area contributed by atoms with Crippen molar-refractivity contribution in [3.05, 3.63) is 35.4 Å². The number of hydrogen-bond donors (Lipinski definition) is 1. The Morgan fingerprint density at radius 3 is 2.45 bits per heavy atom. The fraction of sp³-hybridized carbons (Fsp3) is 0.545. The molecule has 0 radical (unpaired) electrons. The molecule has 156 valence electrons. The summed E-state index contributed by atoms with van der Waals surface area (Å²) in [7, 11) is 0. The largest absolute Gasteiger partial charge is 0.456 e. The van der Waals surface area contributed by atoms with Gasteiger partial charge in [0.2, 0.25) is 0 Å². The number of carbonyl (C=O) groups excluding carboxylic acids is 4. The maximum atomic E-state index is 13.0. The van der Waals surface area contributed by atoms with Crippen molar-refractivity contribution >= 4 is 23.7 Å². The standard InChI is InChI=1S/C22H28N2O5/c1-14-5-7-16(8-6-14)17(25)12-29-18(26)11-24-19(27)22(23-20(24)28)10-15(2)9-21(3,4)13-22/h5-8,15H,9-13H2,1-4H3,(H,23,28). The van der Waals surface area contributed by atoms with E-state index in [0.29, 0.717) is 18.4 Å². The third kappa shape index (κ3) is 4.49. The number of nitrogens with zero attached hydrogens (tertiary/aromatic N) is 1. The number of esters is 1. The Labute approximate surface area is 170 Å². The normalized spacial score (nSPS) is 25.8. The predicted molar refractivity (Wildman–Crippen MR) is 106 cm³/mol. The number of amides is 3. The first kappa shape index (κ1) is 21.0. The number of ketones is 1. The van der Waals surface area contributed by atoms with E-state index >= 15 is 0 Å². The van der Waals surface area contributed by atoms with Gasteiger partial charge in [-0.25, -0.2) is 4.79 Å². The van der Waals surface area contributed by atoms with E-state index in [1.807, 2.05) is 6.92 Å². The van der Waals surface area contributed by atoms with Crippen molar-refractivity contribution in [2.75, 3.05) is 13.2 Å². The highest BCUT2D eigenvalue weighted by Crippen LogP contribution is 2.46. The minimum absolute atomic E-state index is 0.0857. The summed E-state index contributed by atoms with van der Waals surface area (Å²) in [6.45, 7) is 7.21. The van der Waals surface area contributed by atoms with Gasteiger partial charge in [-0.3, -0.25) is 19.3 Å². The molecule has 7 nitrogen and oxygen atoms in total. The van der Waals surface area contributed by atoms with Gasteiger partial charge in [-0.2, -0.15) is 0 Å². The van der Waals surface area contributed by atoms with E-state index in [1.165, 1.54) is 0 Å². The van der Waals surface area contributed by atoms with E-state index < -0.39 is 30.7 Å². The molecule has 1 N–H and O–H groups in total. The van der Waals surface area contributed by atoms with E-state index in [-0.39, 0.29) is 23.0 Å². The zero-order valence-corrected chi connectivity index (χ0v) is 17.4. The Balaban J connectivity index is 1.60. The van der Waals surface area contributed by atoms with Crippen LogP contribution < -0.4 is 5.32 Å². The highest BCUT2D eigenvalue weighted by atomic mass is 16.5. The number of nitrogens with one attached hydrogen (secondary N) is 1. The molecule has 7 heteroatoms. The second-order valence-corrected chi connectivity index (χ2v) is 9.21. The average molecular weight is 400 g/mol. The second-order valence-electron chi connectivity index (χ2n) is 9.21. The molecule has 1 aliphatic heterocycles. The number of rotatable bonds is 5. The SMILES string of the molecule is Cc1ccc(C(=O)COC(=O)CN2C(=O)NC3(CC(C)CC(C)(C)C3)C2=O)cc1. The maximum absolute atomic E-state index is 13.0. The van der Waals surface area contributed by atoms with Crippen LogP contribution in [0.25, 0.3) is 0 Å². The first-order valence-corrected chi connectivity index (χ1v) is 9.91. The molecule has 2 atom stereocenters. The highest BCUT2D eigenvalue weighted by molar-refractivity contribution is 6.09. The summed E-state index contributed by atoms with van der Waals surface area (Å²) in [5.41, 5.74) is 0.412. The lowest BCUT2D eigenvalue weighted by Crippen LogP contribution is -2.54. The summed E-state index contributed by atoms with van der Waals surface area (Å²) in [5, 5.41) is 2.82. The molecule has 3 rings (SSSR count). The molecule has 1 aromatic carbocycles. The summed E-state index contributed by atoms with van der Waals surface area (Å²) in [6, 6.07) is 6.35. The van der Waals surface area contributed by atoms with Gasteiger partial charge >= 0.3 is 12.0 Å². The van der Waals surface area contributed by atoms with Crippen LogP contribution in [0.4, 0.5) is 4.79 Å². The van der Waals surface area contributed by atoms with Crippen LogP contribution in [0.15, 0.2) is 24.3 Å². The smallest absolute Gasteiger partial charge is 0.326 e. The zero-order chi connectivity index (χ0) is 21.4. The summed E-state index contributed by atoms with van der Waals surface area (Å²) in [6.07, 6.45) is 2.06. The lowest BCUT2D eigenvalue weighted by Gasteiger charge is -2.43. The van der Waals surface area contributed by atoms with E-state index in [4.69, 9.17) is 4.74 Å². The van der Waals surface area contributed by atoms with Crippen LogP contribution in [0.1, 0.15) is 56.0 Å². The Bertz CT molecular complexity index is 845. The minimum atomic E-state index is -0.962. The molecular weight excluding hydrogens is 372 g/mol. The molecule has 1 aromatic rings. The number of hydrogen-bond acceptors (Lipinski definition) is 5. The molecule has 1 aliphatic carbocycles. The van der Waals surface area contributed by atoms with Gasteiger partial charge in [0.25, 0.3) is 5.91 Å². The monoisotopic (exact) mass is 400 g/mol. The van der Waals surface area contributed by atoms with Gasteiger partial charge < -0.3 is 10.1 Å². The number of imide groups is 1. The highest BCUT2D eigenvalue weighted by Gasteiger charge is 2.56. The first-order chi connectivity index (χ1) is 13.5. The van der Waals surface area contributed by atoms with Gasteiger partial charge in [-0.15, -0.1) is 0 Å². The average Bonchev–Trinajstić information content (AvgIpc) is 2.82. The Morgan fingerprint density at radius 2 is 1.83 bits per heavy atom. The van der Waals surface area contributed by atoms with Crippen LogP contribution >= 0.6 is 0 Å². The van der Waals surface area contributed by atoms with Crippen molar-refractivity contribution in [1.29, 1.82) is 0 Å². The number of carbonyl (C=O) groups is 4. The molecule has 1 spiro atoms. The maximum Gasteiger partial charge on any atom is 0.326 e. The molecule has 2 fully saturated rings. The van der Waals surface area contributed by atoms with Gasteiger partial charge in [0.05, 0.1) is 0 Å². The number of benzene rings is 1. The fourth-order valence-corrected chi connectivity index (χ4v) is 4.79. The molecule has 1 saturated carbocycles. The lowest BCUT2D eigenvalue weighted by atomic mass is 9.64. The molecular formula is C22H28N2O5. The number of urea groups is 1. The van der Waals surface area contributed by atoms with E-state index in [9.17, 15) is 19.2 Å². The molecule has 29 heavy (non-hydrogen) atoms. The van der Waals surface area contributed by atoms with Crippen LogP contribution in [0, 0.1) is 18.3 Å². The molecule has 3 amide bonds. The van der Waals surface area contributed by atoms with Gasteiger partial charge in [0, 0.05) is 5.56 Å². The topological polar surface area (TPSA) is 92.8 Å². The van der Waals surface area contributed by atoms with Gasteiger partial charge in [0.15, 0.2) is 12.4 Å². The van der Waals surface area contributed by atoms with Crippen LogP contribution in [-0.4, -0.2) is 47.3 Å². The summed E-state index contributed by atoms with van der Waals surface area (Å²) >= 11 is 0. The lowest BCUT2D eigenvalue weighted by molar-refractivity contribution is -0.147. The van der Waals surface area contributed by atoms with Crippen molar-refractivity contribution in [2.45, 2.75) is 52.5 Å². The van der Waals surface area contributed by atoms with Gasteiger partial charge in [0.1, 0.15) is 12.1 Å². The van der Waals surface area contributed by atoms with E-state index in [0.717, 1.165) is 16.9 Å². The summed E-state index contributed by atoms with van der Waals surface area (Å²) in [4.78, 5) is 50.7. The second kappa shape index (κ2) is 7.61. The molecule has 1 heterocycles. The van der Waals surface area contributed by atoms with Crippen LogP contribution in [0.3, 0.4) is 0 Å². The minimum Gasteiger partial charge on any atom is -0.456 e. The summed E-state index contributed by atoms with van der Waals surface area (Å²) < 4.78 is 5.02. The van der Waals surface area contributed by atoms with Crippen LogP contribution in [-0.2, 0) is 14.3 Å². The Morgan fingerprint density at radius 1 is 1.17 bits per heavy atom. The molecule has 2 aliphatic rings. The van der Waals surface area contributed by atoms with Crippen molar-refractivity contribution in [3.8, 4) is 0 Å². The summed E-state index contributed by atoms with van der Waals surface area (Å²) in [5.74, 6) is -1.23. The Kier molecular flexibility index (Phi) is 5.52. The molecule has 2 unspecified atom stereocenters. The molecule has 0 aromatic heterocycles. The van der Waals surface area contributed by atoms with Crippen molar-refractivity contribution < 1.29 is 23.9 Å². The van der Waals surface area contributed by atoms with E-state index in [2.05, 4.69) is 26.1 Å². The van der Waals surface area contributed by atoms with Crippen molar-refractivity contribution in [2.24, 2.45) is 11.3 Å². The molecule has 1 saturated heterocycles. The number of ether oxygens (including phenoxy) is 1. The predicted octanol–water partition coefficient (Wildman–Crippen LogP) is 2.86. The molecule has 0 bridgehead atoms. The fourth-order valence-electron chi connectivity index (χ4n) is 4.79. The Hall–Kier alpha value is -2.70. The zero-order valence-electron chi connectivity index (χ0n) is 17.4. The van der Waals surface area contributed by atoms with Crippen LogP contribution in [0.2, 0.25) is 0 Å². The van der Waals surface area contributed by atoms with Crippen molar-refractivity contribution in [1.82, 2.24) is 10.2 Å². The van der Waals surface area contributed by atoms with Crippen molar-refractivity contribution in [3.63, 3.8) is 0 Å². The van der Waals surface area contributed by atoms with Gasteiger partial charge in [-0.05, 0) is 37.5 Å². The van der Waals surface area contributed by atoms with Gasteiger partial charge in [-0.1, -0.05) is 50.6 Å².